The summed E-state index contributed by atoms with van der Waals surface area (Å²) in [7, 11) is 0. The molecule has 1 aromatic carbocycles. The molecule has 2 aromatic rings. The minimum Gasteiger partial charge on any atom is -0.382 e. The molecular weight excluding hydrogens is 338 g/mol. The molecule has 2 rings (SSSR count). The molecule has 0 radical (unpaired) electrons. The summed E-state index contributed by atoms with van der Waals surface area (Å²) >= 11 is 8.06. The van der Waals surface area contributed by atoms with E-state index in [1.807, 2.05) is 18.2 Å². The van der Waals surface area contributed by atoms with Crippen LogP contribution in [-0.2, 0) is 0 Å². The fourth-order valence-corrected chi connectivity index (χ4v) is 2.14. The van der Waals surface area contributed by atoms with Crippen LogP contribution < -0.4 is 11.1 Å². The van der Waals surface area contributed by atoms with Gasteiger partial charge in [0, 0.05) is 8.59 Å². The first-order chi connectivity index (χ1) is 7.65. The van der Waals surface area contributed by atoms with Crippen LogP contribution in [0.4, 0.5) is 17.3 Å². The van der Waals surface area contributed by atoms with Crippen molar-refractivity contribution in [1.29, 1.82) is 0 Å². The molecule has 0 atom stereocenters. The molecule has 0 unspecified atom stereocenters. The highest BCUT2D eigenvalue weighted by atomic mass is 127. The first-order valence-electron chi connectivity index (χ1n) is 4.45. The molecule has 0 amide bonds. The van der Waals surface area contributed by atoms with Crippen molar-refractivity contribution in [3.63, 3.8) is 0 Å². The Morgan fingerprint density at radius 3 is 2.69 bits per heavy atom. The lowest BCUT2D eigenvalue weighted by Crippen LogP contribution is -1.98. The SMILES string of the molecule is Nc1cnc(Nc2ccc(Cl)cc2I)cn1. The largest absolute Gasteiger partial charge is 0.382 e. The molecule has 1 heterocycles. The number of nitrogens with one attached hydrogen (secondary N) is 1. The smallest absolute Gasteiger partial charge is 0.149 e. The van der Waals surface area contributed by atoms with Crippen LogP contribution in [-0.4, -0.2) is 9.97 Å². The Labute approximate surface area is 111 Å². The fraction of sp³-hybridized carbons (Fsp3) is 0. The zero-order valence-corrected chi connectivity index (χ0v) is 11.0. The third-order valence-electron chi connectivity index (χ3n) is 1.87. The molecule has 0 aliphatic carbocycles. The molecule has 4 nitrogen and oxygen atoms in total. The van der Waals surface area contributed by atoms with E-state index >= 15 is 0 Å². The van der Waals surface area contributed by atoms with Crippen LogP contribution in [0.5, 0.6) is 0 Å². The maximum atomic E-state index is 5.86. The number of aromatic nitrogens is 2. The van der Waals surface area contributed by atoms with Gasteiger partial charge in [-0.1, -0.05) is 11.6 Å². The molecule has 0 saturated heterocycles. The maximum Gasteiger partial charge on any atom is 0.149 e. The predicted molar refractivity (Wildman–Crippen MR) is 73.9 cm³/mol. The number of rotatable bonds is 2. The summed E-state index contributed by atoms with van der Waals surface area (Å²) in [5.74, 6) is 1.05. The van der Waals surface area contributed by atoms with Crippen LogP contribution in [0, 0.1) is 3.57 Å². The van der Waals surface area contributed by atoms with Gasteiger partial charge in [0.05, 0.1) is 18.1 Å². The molecule has 1 aromatic heterocycles. The normalized spacial score (nSPS) is 10.1. The van der Waals surface area contributed by atoms with E-state index in [1.54, 1.807) is 6.20 Å². The van der Waals surface area contributed by atoms with E-state index < -0.39 is 0 Å². The van der Waals surface area contributed by atoms with E-state index in [2.05, 4.69) is 37.9 Å². The van der Waals surface area contributed by atoms with Crippen molar-refractivity contribution in [2.45, 2.75) is 0 Å². The highest BCUT2D eigenvalue weighted by molar-refractivity contribution is 14.1. The molecule has 82 valence electrons. The Bertz CT molecular complexity index is 501. The average Bonchev–Trinajstić information content (AvgIpc) is 2.25. The van der Waals surface area contributed by atoms with Crippen molar-refractivity contribution in [2.24, 2.45) is 0 Å². The lowest BCUT2D eigenvalue weighted by molar-refractivity contribution is 1.21. The molecule has 0 bridgehead atoms. The van der Waals surface area contributed by atoms with Gasteiger partial charge in [-0.05, 0) is 40.8 Å². The molecule has 16 heavy (non-hydrogen) atoms. The Morgan fingerprint density at radius 1 is 1.25 bits per heavy atom. The minimum absolute atomic E-state index is 0.399. The van der Waals surface area contributed by atoms with Gasteiger partial charge in [-0.15, -0.1) is 0 Å². The molecule has 0 aliphatic heterocycles. The van der Waals surface area contributed by atoms with Crippen LogP contribution in [0.2, 0.25) is 5.02 Å². The van der Waals surface area contributed by atoms with Gasteiger partial charge in [0.25, 0.3) is 0 Å². The third-order valence-corrected chi connectivity index (χ3v) is 2.99. The van der Waals surface area contributed by atoms with Crippen LogP contribution in [0.1, 0.15) is 0 Å². The van der Waals surface area contributed by atoms with Gasteiger partial charge in [0.15, 0.2) is 0 Å². The summed E-state index contributed by atoms with van der Waals surface area (Å²) < 4.78 is 1.02. The number of hydrogen-bond donors (Lipinski definition) is 2. The topological polar surface area (TPSA) is 63.8 Å². The Kier molecular flexibility index (Phi) is 3.45. The summed E-state index contributed by atoms with van der Waals surface area (Å²) in [6, 6.07) is 5.58. The highest BCUT2D eigenvalue weighted by Crippen LogP contribution is 2.24. The van der Waals surface area contributed by atoms with Crippen LogP contribution in [0.15, 0.2) is 30.6 Å². The van der Waals surface area contributed by atoms with E-state index in [0.29, 0.717) is 16.7 Å². The monoisotopic (exact) mass is 346 g/mol. The first-order valence-corrected chi connectivity index (χ1v) is 5.90. The van der Waals surface area contributed by atoms with Crippen molar-refractivity contribution in [2.75, 3.05) is 11.1 Å². The summed E-state index contributed by atoms with van der Waals surface area (Å²) in [5, 5.41) is 3.84. The molecule has 6 heteroatoms. The second kappa shape index (κ2) is 4.84. The van der Waals surface area contributed by atoms with Crippen molar-refractivity contribution in [1.82, 2.24) is 9.97 Å². The summed E-state index contributed by atoms with van der Waals surface area (Å²) in [4.78, 5) is 8.05. The number of halogens is 2. The lowest BCUT2D eigenvalue weighted by Gasteiger charge is -2.07. The third kappa shape index (κ3) is 2.73. The fourth-order valence-electron chi connectivity index (χ4n) is 1.13. The van der Waals surface area contributed by atoms with E-state index in [0.717, 1.165) is 9.26 Å². The molecule has 0 fully saturated rings. The van der Waals surface area contributed by atoms with Crippen molar-refractivity contribution in [3.05, 3.63) is 39.2 Å². The molecule has 0 saturated carbocycles. The highest BCUT2D eigenvalue weighted by Gasteiger charge is 2.02. The van der Waals surface area contributed by atoms with Crippen molar-refractivity contribution >= 4 is 51.5 Å². The quantitative estimate of drug-likeness (QED) is 0.820. The number of nitrogens with zero attached hydrogens (tertiary/aromatic N) is 2. The standard InChI is InChI=1S/C10H8ClIN4/c11-6-1-2-8(7(12)3-6)16-10-5-14-9(13)4-15-10/h1-5H,(H2,13,14)(H,15,16). The van der Waals surface area contributed by atoms with Gasteiger partial charge < -0.3 is 11.1 Å². The molecule has 0 aliphatic rings. The number of benzene rings is 1. The van der Waals surface area contributed by atoms with E-state index in [9.17, 15) is 0 Å². The zero-order valence-electron chi connectivity index (χ0n) is 8.11. The Balaban J connectivity index is 2.23. The van der Waals surface area contributed by atoms with Gasteiger partial charge in [-0.2, -0.15) is 0 Å². The molecule has 3 N–H and O–H groups in total. The summed E-state index contributed by atoms with van der Waals surface area (Å²) in [6.45, 7) is 0. The van der Waals surface area contributed by atoms with Crippen molar-refractivity contribution in [3.8, 4) is 0 Å². The van der Waals surface area contributed by atoms with Gasteiger partial charge >= 0.3 is 0 Å². The maximum absolute atomic E-state index is 5.86. The van der Waals surface area contributed by atoms with Gasteiger partial charge in [-0.3, -0.25) is 0 Å². The van der Waals surface area contributed by atoms with E-state index in [1.165, 1.54) is 6.20 Å². The van der Waals surface area contributed by atoms with E-state index in [-0.39, 0.29) is 0 Å². The number of nitrogen functional groups attached to an aromatic ring is 1. The summed E-state index contributed by atoms with van der Waals surface area (Å²) in [5.41, 5.74) is 6.38. The lowest BCUT2D eigenvalue weighted by atomic mass is 10.3. The molecule has 0 spiro atoms. The summed E-state index contributed by atoms with van der Waals surface area (Å²) in [6.07, 6.45) is 3.09. The van der Waals surface area contributed by atoms with Gasteiger partial charge in [-0.25, -0.2) is 9.97 Å². The zero-order chi connectivity index (χ0) is 11.5. The van der Waals surface area contributed by atoms with E-state index in [4.69, 9.17) is 17.3 Å². The second-order valence-electron chi connectivity index (χ2n) is 3.08. The minimum atomic E-state index is 0.399. The Morgan fingerprint density at radius 2 is 2.06 bits per heavy atom. The first kappa shape index (κ1) is 11.4. The van der Waals surface area contributed by atoms with Crippen LogP contribution in [0.25, 0.3) is 0 Å². The second-order valence-corrected chi connectivity index (χ2v) is 4.67. The number of hydrogen-bond acceptors (Lipinski definition) is 4. The average molecular weight is 347 g/mol. The van der Waals surface area contributed by atoms with Gasteiger partial charge in [0.2, 0.25) is 0 Å². The van der Waals surface area contributed by atoms with Crippen LogP contribution >= 0.6 is 34.2 Å². The Hall–Kier alpha value is -1.08. The number of anilines is 3. The van der Waals surface area contributed by atoms with Crippen molar-refractivity contribution < 1.29 is 0 Å². The predicted octanol–water partition coefficient (Wildman–Crippen LogP) is 3.06. The number of nitrogens with two attached hydrogens (primary N) is 1. The molecular formula is C10H8ClIN4. The van der Waals surface area contributed by atoms with Crippen LogP contribution in [0.3, 0.4) is 0 Å². The van der Waals surface area contributed by atoms with Gasteiger partial charge in [0.1, 0.15) is 11.6 Å².